The first-order chi connectivity index (χ1) is 6.61. The summed E-state index contributed by atoms with van der Waals surface area (Å²) in [6.45, 7) is 9.03. The molecular formula is C12H23NO. The van der Waals surface area contributed by atoms with E-state index in [-0.39, 0.29) is 5.91 Å². The van der Waals surface area contributed by atoms with Crippen molar-refractivity contribution in [2.45, 2.75) is 47.0 Å². The summed E-state index contributed by atoms with van der Waals surface area (Å²) in [5.41, 5.74) is 0.924. The number of amides is 1. The molecule has 1 N–H and O–H groups in total. The minimum Gasteiger partial charge on any atom is -0.352 e. The smallest absolute Gasteiger partial charge is 0.246 e. The second kappa shape index (κ2) is 7.60. The molecule has 14 heavy (non-hydrogen) atoms. The van der Waals surface area contributed by atoms with Gasteiger partial charge in [0.2, 0.25) is 5.91 Å². The van der Waals surface area contributed by atoms with Crippen LogP contribution < -0.4 is 5.32 Å². The van der Waals surface area contributed by atoms with Crippen molar-refractivity contribution >= 4 is 5.91 Å². The summed E-state index contributed by atoms with van der Waals surface area (Å²) >= 11 is 0. The lowest BCUT2D eigenvalue weighted by Gasteiger charge is -2.09. The molecule has 0 atom stereocenters. The van der Waals surface area contributed by atoms with Crippen molar-refractivity contribution < 1.29 is 4.79 Å². The number of carbonyl (C=O) groups excluding carboxylic acids is 1. The number of hydrogen-bond donors (Lipinski definition) is 1. The third-order valence-corrected chi connectivity index (χ3v) is 2.11. The Morgan fingerprint density at radius 1 is 1.43 bits per heavy atom. The molecule has 0 rings (SSSR count). The molecule has 0 aromatic carbocycles. The van der Waals surface area contributed by atoms with E-state index < -0.39 is 0 Å². The van der Waals surface area contributed by atoms with Gasteiger partial charge in [-0.1, -0.05) is 33.3 Å². The molecular weight excluding hydrogens is 174 g/mol. The first-order valence-electron chi connectivity index (χ1n) is 5.55. The number of carbonyl (C=O) groups is 1. The van der Waals surface area contributed by atoms with Gasteiger partial charge in [0.25, 0.3) is 0 Å². The third-order valence-electron chi connectivity index (χ3n) is 2.11. The number of rotatable bonds is 6. The largest absolute Gasteiger partial charge is 0.352 e. The number of hydrogen-bond acceptors (Lipinski definition) is 1. The molecule has 0 spiro atoms. The van der Waals surface area contributed by atoms with E-state index in [1.165, 1.54) is 0 Å². The van der Waals surface area contributed by atoms with Gasteiger partial charge < -0.3 is 5.32 Å². The Bertz CT molecular complexity index is 194. The van der Waals surface area contributed by atoms with E-state index in [9.17, 15) is 4.79 Å². The first kappa shape index (κ1) is 13.2. The summed E-state index contributed by atoms with van der Waals surface area (Å²) in [6.07, 6.45) is 5.05. The topological polar surface area (TPSA) is 29.1 Å². The van der Waals surface area contributed by atoms with Gasteiger partial charge in [0.05, 0.1) is 0 Å². The van der Waals surface area contributed by atoms with Gasteiger partial charge in [-0.3, -0.25) is 4.79 Å². The monoisotopic (exact) mass is 197 g/mol. The standard InChI is InChI=1S/C12H23NO/c1-5-7-8-11(6-2)12(14)13-9-10(3)4/h6,10H,5,7-9H2,1-4H3,(H,13,14)/b11-6+. The Morgan fingerprint density at radius 3 is 2.50 bits per heavy atom. The summed E-state index contributed by atoms with van der Waals surface area (Å²) < 4.78 is 0. The molecule has 82 valence electrons. The fraction of sp³-hybridized carbons (Fsp3) is 0.750. The number of unbranched alkanes of at least 4 members (excludes halogenated alkanes) is 1. The minimum absolute atomic E-state index is 0.106. The van der Waals surface area contributed by atoms with Gasteiger partial charge in [0.15, 0.2) is 0 Å². The summed E-state index contributed by atoms with van der Waals surface area (Å²) in [7, 11) is 0. The molecule has 0 aliphatic carbocycles. The molecule has 0 radical (unpaired) electrons. The number of nitrogens with one attached hydrogen (secondary N) is 1. The fourth-order valence-corrected chi connectivity index (χ4v) is 1.17. The van der Waals surface area contributed by atoms with E-state index in [1.54, 1.807) is 0 Å². The summed E-state index contributed by atoms with van der Waals surface area (Å²) in [4.78, 5) is 11.6. The predicted octanol–water partition coefficient (Wildman–Crippen LogP) is 2.90. The maximum atomic E-state index is 11.6. The zero-order valence-corrected chi connectivity index (χ0v) is 9.89. The zero-order valence-electron chi connectivity index (χ0n) is 9.89. The van der Waals surface area contributed by atoms with E-state index in [1.807, 2.05) is 13.0 Å². The van der Waals surface area contributed by atoms with Crippen LogP contribution in [0.25, 0.3) is 0 Å². The second-order valence-electron chi connectivity index (χ2n) is 4.02. The molecule has 0 fully saturated rings. The van der Waals surface area contributed by atoms with Crippen molar-refractivity contribution in [3.05, 3.63) is 11.6 Å². The van der Waals surface area contributed by atoms with E-state index in [0.717, 1.165) is 31.4 Å². The lowest BCUT2D eigenvalue weighted by molar-refractivity contribution is -0.117. The molecule has 0 bridgehead atoms. The maximum absolute atomic E-state index is 11.6. The van der Waals surface area contributed by atoms with Crippen molar-refractivity contribution in [2.75, 3.05) is 6.54 Å². The SMILES string of the molecule is C/C=C(\CCCC)C(=O)NCC(C)C. The molecule has 0 saturated carbocycles. The molecule has 1 amide bonds. The van der Waals surface area contributed by atoms with Gasteiger partial charge in [-0.15, -0.1) is 0 Å². The van der Waals surface area contributed by atoms with Crippen LogP contribution in [0.4, 0.5) is 0 Å². The molecule has 0 aliphatic rings. The van der Waals surface area contributed by atoms with Crippen LogP contribution in [0.2, 0.25) is 0 Å². The van der Waals surface area contributed by atoms with Crippen LogP contribution in [0.3, 0.4) is 0 Å². The van der Waals surface area contributed by atoms with Crippen molar-refractivity contribution in [3.63, 3.8) is 0 Å². The van der Waals surface area contributed by atoms with E-state index in [2.05, 4.69) is 26.1 Å². The van der Waals surface area contributed by atoms with Gasteiger partial charge >= 0.3 is 0 Å². The zero-order chi connectivity index (χ0) is 11.0. The molecule has 0 aliphatic heterocycles. The first-order valence-corrected chi connectivity index (χ1v) is 5.55. The molecule has 0 saturated heterocycles. The fourth-order valence-electron chi connectivity index (χ4n) is 1.17. The van der Waals surface area contributed by atoms with Gasteiger partial charge in [-0.2, -0.15) is 0 Å². The van der Waals surface area contributed by atoms with Gasteiger partial charge in [0, 0.05) is 12.1 Å². The van der Waals surface area contributed by atoms with Crippen molar-refractivity contribution in [1.82, 2.24) is 5.32 Å². The lowest BCUT2D eigenvalue weighted by atomic mass is 10.1. The van der Waals surface area contributed by atoms with Crippen LogP contribution in [0.1, 0.15) is 47.0 Å². The van der Waals surface area contributed by atoms with Gasteiger partial charge in [-0.05, 0) is 25.7 Å². The molecule has 2 nitrogen and oxygen atoms in total. The summed E-state index contributed by atoms with van der Waals surface area (Å²) in [5, 5.41) is 2.93. The van der Waals surface area contributed by atoms with Crippen LogP contribution >= 0.6 is 0 Å². The van der Waals surface area contributed by atoms with Crippen LogP contribution in [-0.4, -0.2) is 12.5 Å². The second-order valence-corrected chi connectivity index (χ2v) is 4.02. The minimum atomic E-state index is 0.106. The van der Waals surface area contributed by atoms with Crippen LogP contribution in [0, 0.1) is 5.92 Å². The Hall–Kier alpha value is -0.790. The van der Waals surface area contributed by atoms with Crippen LogP contribution in [-0.2, 0) is 4.79 Å². The Balaban J connectivity index is 3.93. The highest BCUT2D eigenvalue weighted by atomic mass is 16.1. The average Bonchev–Trinajstić information content (AvgIpc) is 2.16. The Kier molecular flexibility index (Phi) is 7.17. The maximum Gasteiger partial charge on any atom is 0.246 e. The van der Waals surface area contributed by atoms with Crippen LogP contribution in [0.15, 0.2) is 11.6 Å². The van der Waals surface area contributed by atoms with E-state index >= 15 is 0 Å². The van der Waals surface area contributed by atoms with Crippen molar-refractivity contribution in [1.29, 1.82) is 0 Å². The highest BCUT2D eigenvalue weighted by Crippen LogP contribution is 2.07. The van der Waals surface area contributed by atoms with Crippen LogP contribution in [0.5, 0.6) is 0 Å². The third kappa shape index (κ3) is 5.79. The Labute approximate surface area is 87.8 Å². The highest BCUT2D eigenvalue weighted by molar-refractivity contribution is 5.93. The predicted molar refractivity (Wildman–Crippen MR) is 61.1 cm³/mol. The highest BCUT2D eigenvalue weighted by Gasteiger charge is 2.07. The average molecular weight is 197 g/mol. The molecule has 0 aromatic rings. The van der Waals surface area contributed by atoms with E-state index in [0.29, 0.717) is 5.92 Å². The molecule has 0 heterocycles. The lowest BCUT2D eigenvalue weighted by Crippen LogP contribution is -2.28. The quantitative estimate of drug-likeness (QED) is 0.652. The Morgan fingerprint density at radius 2 is 2.07 bits per heavy atom. The van der Waals surface area contributed by atoms with E-state index in [4.69, 9.17) is 0 Å². The van der Waals surface area contributed by atoms with Crippen molar-refractivity contribution in [3.8, 4) is 0 Å². The summed E-state index contributed by atoms with van der Waals surface area (Å²) in [6, 6.07) is 0. The van der Waals surface area contributed by atoms with Gasteiger partial charge in [-0.25, -0.2) is 0 Å². The normalized spacial score (nSPS) is 11.9. The molecule has 2 heteroatoms. The van der Waals surface area contributed by atoms with Crippen molar-refractivity contribution in [2.24, 2.45) is 5.92 Å². The van der Waals surface area contributed by atoms with Gasteiger partial charge in [0.1, 0.15) is 0 Å². The summed E-state index contributed by atoms with van der Waals surface area (Å²) in [5.74, 6) is 0.623. The number of allylic oxidation sites excluding steroid dienone is 1. The molecule has 0 aromatic heterocycles. The molecule has 0 unspecified atom stereocenters.